The van der Waals surface area contributed by atoms with Gasteiger partial charge in [-0.25, -0.2) is 0 Å². The monoisotopic (exact) mass is 252 g/mol. The van der Waals surface area contributed by atoms with Crippen molar-refractivity contribution in [2.45, 2.75) is 43.9 Å². The third-order valence-electron chi connectivity index (χ3n) is 3.75. The number of hydrogen-bond donors (Lipinski definition) is 0. The summed E-state index contributed by atoms with van der Waals surface area (Å²) in [5.74, 6) is 1.63. The van der Waals surface area contributed by atoms with E-state index in [1.54, 1.807) is 7.11 Å². The van der Waals surface area contributed by atoms with Crippen molar-refractivity contribution >= 4 is 11.6 Å². The molecule has 0 aliphatic heterocycles. The Labute approximate surface area is 109 Å². The van der Waals surface area contributed by atoms with E-state index in [2.05, 4.69) is 12.1 Å². The summed E-state index contributed by atoms with van der Waals surface area (Å²) in [6.07, 6.45) is 7.71. The zero-order valence-electron chi connectivity index (χ0n) is 10.5. The van der Waals surface area contributed by atoms with Crippen LogP contribution in [0.25, 0.3) is 0 Å². The maximum Gasteiger partial charge on any atom is 0.118 e. The summed E-state index contributed by atoms with van der Waals surface area (Å²) in [6, 6.07) is 8.27. The van der Waals surface area contributed by atoms with Crippen LogP contribution in [-0.4, -0.2) is 12.5 Å². The third kappa shape index (κ3) is 3.64. The molecule has 1 unspecified atom stereocenters. The van der Waals surface area contributed by atoms with Crippen molar-refractivity contribution < 1.29 is 4.74 Å². The minimum absolute atomic E-state index is 0.295. The summed E-state index contributed by atoms with van der Waals surface area (Å²) in [5, 5.41) is 0.295. The van der Waals surface area contributed by atoms with Crippen LogP contribution in [0.1, 0.15) is 37.7 Å². The number of hydrogen-bond acceptors (Lipinski definition) is 1. The number of rotatable bonds is 4. The van der Waals surface area contributed by atoms with Crippen molar-refractivity contribution in [1.29, 1.82) is 0 Å². The zero-order chi connectivity index (χ0) is 12.1. The Balaban J connectivity index is 1.89. The number of alkyl halides is 1. The van der Waals surface area contributed by atoms with Crippen LogP contribution in [0.5, 0.6) is 5.75 Å². The first-order valence-electron chi connectivity index (χ1n) is 6.56. The fourth-order valence-electron chi connectivity index (χ4n) is 2.65. The van der Waals surface area contributed by atoms with Gasteiger partial charge < -0.3 is 4.74 Å². The normalized spacial score (nSPS) is 18.9. The molecular formula is C15H21ClO. The highest BCUT2D eigenvalue weighted by atomic mass is 35.5. The van der Waals surface area contributed by atoms with Gasteiger partial charge in [0.15, 0.2) is 0 Å². The van der Waals surface area contributed by atoms with Gasteiger partial charge in [0.1, 0.15) is 5.75 Å². The number of methoxy groups -OCH3 is 1. The second-order valence-corrected chi connectivity index (χ2v) is 5.53. The molecule has 0 spiro atoms. The average molecular weight is 253 g/mol. The van der Waals surface area contributed by atoms with E-state index in [4.69, 9.17) is 16.3 Å². The van der Waals surface area contributed by atoms with E-state index >= 15 is 0 Å². The van der Waals surface area contributed by atoms with Gasteiger partial charge in [-0.2, -0.15) is 0 Å². The summed E-state index contributed by atoms with van der Waals surface area (Å²) < 4.78 is 5.16. The molecule has 17 heavy (non-hydrogen) atoms. The Kier molecular flexibility index (Phi) is 4.73. The quantitative estimate of drug-likeness (QED) is 0.721. The summed E-state index contributed by atoms with van der Waals surface area (Å²) in [7, 11) is 1.70. The first kappa shape index (κ1) is 12.8. The maximum absolute atomic E-state index is 6.54. The van der Waals surface area contributed by atoms with Crippen LogP contribution in [0, 0.1) is 5.92 Å². The number of ether oxygens (including phenoxy) is 1. The number of halogens is 1. The van der Waals surface area contributed by atoms with Crippen LogP contribution in [0.3, 0.4) is 0 Å². The smallest absolute Gasteiger partial charge is 0.118 e. The Morgan fingerprint density at radius 1 is 1.18 bits per heavy atom. The Morgan fingerprint density at radius 2 is 1.82 bits per heavy atom. The van der Waals surface area contributed by atoms with E-state index in [-0.39, 0.29) is 0 Å². The maximum atomic E-state index is 6.54. The minimum Gasteiger partial charge on any atom is -0.497 e. The third-order valence-corrected chi connectivity index (χ3v) is 4.26. The van der Waals surface area contributed by atoms with Crippen LogP contribution in [-0.2, 0) is 6.42 Å². The molecule has 1 atom stereocenters. The first-order valence-corrected chi connectivity index (χ1v) is 7.00. The molecule has 2 rings (SSSR count). The van der Waals surface area contributed by atoms with E-state index in [1.165, 1.54) is 37.7 Å². The molecule has 2 heteroatoms. The Morgan fingerprint density at radius 3 is 2.41 bits per heavy atom. The summed E-state index contributed by atoms with van der Waals surface area (Å²) >= 11 is 6.54. The average Bonchev–Trinajstić information content (AvgIpc) is 2.40. The summed E-state index contributed by atoms with van der Waals surface area (Å²) in [4.78, 5) is 0. The predicted molar refractivity (Wildman–Crippen MR) is 72.9 cm³/mol. The highest BCUT2D eigenvalue weighted by Gasteiger charge is 2.21. The molecule has 0 amide bonds. The fourth-order valence-corrected chi connectivity index (χ4v) is 3.08. The molecule has 1 aliphatic carbocycles. The molecule has 0 aromatic heterocycles. The van der Waals surface area contributed by atoms with Crippen molar-refractivity contribution in [2.24, 2.45) is 5.92 Å². The minimum atomic E-state index is 0.295. The Hall–Kier alpha value is -0.690. The molecule has 0 saturated heterocycles. The second-order valence-electron chi connectivity index (χ2n) is 4.97. The lowest BCUT2D eigenvalue weighted by atomic mass is 9.85. The molecule has 1 aromatic rings. The molecule has 94 valence electrons. The zero-order valence-corrected chi connectivity index (χ0v) is 11.2. The molecule has 1 aliphatic rings. The highest BCUT2D eigenvalue weighted by molar-refractivity contribution is 6.20. The molecule has 1 fully saturated rings. The van der Waals surface area contributed by atoms with Crippen LogP contribution < -0.4 is 4.74 Å². The van der Waals surface area contributed by atoms with Crippen LogP contribution in [0.4, 0.5) is 0 Å². The molecular weight excluding hydrogens is 232 g/mol. The van der Waals surface area contributed by atoms with E-state index in [9.17, 15) is 0 Å². The van der Waals surface area contributed by atoms with Gasteiger partial charge in [0.05, 0.1) is 7.11 Å². The topological polar surface area (TPSA) is 9.23 Å². The van der Waals surface area contributed by atoms with E-state index in [1.807, 2.05) is 12.1 Å². The molecule has 1 aromatic carbocycles. The lowest BCUT2D eigenvalue weighted by Crippen LogP contribution is -2.20. The van der Waals surface area contributed by atoms with E-state index in [0.29, 0.717) is 11.3 Å². The van der Waals surface area contributed by atoms with Crippen LogP contribution >= 0.6 is 11.6 Å². The lowest BCUT2D eigenvalue weighted by molar-refractivity contribution is 0.344. The van der Waals surface area contributed by atoms with Crippen molar-refractivity contribution in [3.63, 3.8) is 0 Å². The predicted octanol–water partition coefficient (Wildman–Crippen LogP) is 4.43. The second kappa shape index (κ2) is 6.30. The van der Waals surface area contributed by atoms with Crippen molar-refractivity contribution in [3.8, 4) is 5.75 Å². The van der Waals surface area contributed by atoms with Crippen molar-refractivity contribution in [3.05, 3.63) is 29.8 Å². The van der Waals surface area contributed by atoms with Gasteiger partial charge in [0, 0.05) is 5.38 Å². The molecule has 0 heterocycles. The molecule has 0 N–H and O–H groups in total. The van der Waals surface area contributed by atoms with Gasteiger partial charge in [-0.15, -0.1) is 11.6 Å². The SMILES string of the molecule is COc1ccc(CC(Cl)C2CCCCC2)cc1. The standard InChI is InChI=1S/C15H21ClO/c1-17-14-9-7-12(8-10-14)11-15(16)13-5-3-2-4-6-13/h7-10,13,15H,2-6,11H2,1H3. The van der Waals surface area contributed by atoms with Gasteiger partial charge >= 0.3 is 0 Å². The molecule has 1 nitrogen and oxygen atoms in total. The molecule has 0 bridgehead atoms. The largest absolute Gasteiger partial charge is 0.497 e. The van der Waals surface area contributed by atoms with Crippen molar-refractivity contribution in [1.82, 2.24) is 0 Å². The van der Waals surface area contributed by atoms with Gasteiger partial charge in [0.25, 0.3) is 0 Å². The van der Waals surface area contributed by atoms with Gasteiger partial charge in [0.2, 0.25) is 0 Å². The van der Waals surface area contributed by atoms with Crippen LogP contribution in [0.15, 0.2) is 24.3 Å². The van der Waals surface area contributed by atoms with Gasteiger partial charge in [-0.3, -0.25) is 0 Å². The molecule has 0 radical (unpaired) electrons. The molecule has 1 saturated carbocycles. The van der Waals surface area contributed by atoms with Crippen molar-refractivity contribution in [2.75, 3.05) is 7.11 Å². The summed E-state index contributed by atoms with van der Waals surface area (Å²) in [5.41, 5.74) is 1.32. The first-order chi connectivity index (χ1) is 8.29. The number of benzene rings is 1. The summed E-state index contributed by atoms with van der Waals surface area (Å²) in [6.45, 7) is 0. The fraction of sp³-hybridized carbons (Fsp3) is 0.600. The van der Waals surface area contributed by atoms with Crippen LogP contribution in [0.2, 0.25) is 0 Å². The van der Waals surface area contributed by atoms with E-state index in [0.717, 1.165) is 12.2 Å². The highest BCUT2D eigenvalue weighted by Crippen LogP contribution is 2.31. The van der Waals surface area contributed by atoms with E-state index < -0.39 is 0 Å². The lowest BCUT2D eigenvalue weighted by Gasteiger charge is -2.26. The Bertz CT molecular complexity index is 327. The van der Waals surface area contributed by atoms with Gasteiger partial charge in [-0.1, -0.05) is 31.4 Å². The van der Waals surface area contributed by atoms with Gasteiger partial charge in [-0.05, 0) is 42.9 Å².